The average molecular weight is 228 g/mol. The first-order valence-corrected chi connectivity index (χ1v) is 5.24. The molecule has 88 valence electrons. The number of nitrogens with zero attached hydrogens (tertiary/aromatic N) is 2. The van der Waals surface area contributed by atoms with Crippen molar-refractivity contribution in [1.29, 1.82) is 0 Å². The minimum atomic E-state index is -2.52. The summed E-state index contributed by atoms with van der Waals surface area (Å²) in [5, 5.41) is 0. The lowest BCUT2D eigenvalue weighted by molar-refractivity contribution is -0.0221. The fourth-order valence-corrected chi connectivity index (χ4v) is 1.76. The molecule has 0 bridgehead atoms. The summed E-state index contributed by atoms with van der Waals surface area (Å²) >= 11 is 0. The zero-order chi connectivity index (χ0) is 11.6. The third-order valence-electron chi connectivity index (χ3n) is 2.74. The fraction of sp³-hybridized carbons (Fsp3) is 0.545. The Hall–Kier alpha value is -1.39. The van der Waals surface area contributed by atoms with Gasteiger partial charge in [-0.05, 0) is 6.07 Å². The number of anilines is 1. The molecule has 2 heterocycles. The second-order valence-corrected chi connectivity index (χ2v) is 3.88. The van der Waals surface area contributed by atoms with Crippen molar-refractivity contribution in [3.63, 3.8) is 0 Å². The lowest BCUT2D eigenvalue weighted by Gasteiger charge is -2.32. The van der Waals surface area contributed by atoms with Crippen LogP contribution in [0.25, 0.3) is 0 Å². The topological polar surface area (TPSA) is 25.4 Å². The molecule has 0 atom stereocenters. The maximum Gasteiger partial charge on any atom is 0.251 e. The number of hydrogen-bond acceptors (Lipinski definition) is 3. The second kappa shape index (κ2) is 4.23. The van der Waals surface area contributed by atoms with Gasteiger partial charge in [0.15, 0.2) is 0 Å². The number of rotatable bonds is 2. The standard InChI is InChI=1S/C11H14F2N2O/c1-16-10-4-2-3-9(14-10)15-7-5-11(12,13)6-8-15/h2-4H,5-8H2,1H3. The summed E-state index contributed by atoms with van der Waals surface area (Å²) in [5.41, 5.74) is 0. The third-order valence-corrected chi connectivity index (χ3v) is 2.74. The third kappa shape index (κ3) is 2.40. The predicted molar refractivity (Wildman–Crippen MR) is 57.2 cm³/mol. The number of aromatic nitrogens is 1. The molecule has 0 spiro atoms. The van der Waals surface area contributed by atoms with Gasteiger partial charge in [-0.25, -0.2) is 8.78 Å². The maximum absolute atomic E-state index is 13.0. The lowest BCUT2D eigenvalue weighted by Crippen LogP contribution is -2.39. The van der Waals surface area contributed by atoms with Gasteiger partial charge in [0.05, 0.1) is 7.11 Å². The molecule has 0 amide bonds. The molecule has 0 aromatic carbocycles. The van der Waals surface area contributed by atoms with Gasteiger partial charge in [0, 0.05) is 32.0 Å². The number of ether oxygens (including phenoxy) is 1. The van der Waals surface area contributed by atoms with E-state index < -0.39 is 5.92 Å². The van der Waals surface area contributed by atoms with Gasteiger partial charge in [-0.3, -0.25) is 0 Å². The summed E-state index contributed by atoms with van der Waals surface area (Å²) in [5.74, 6) is -1.31. The highest BCUT2D eigenvalue weighted by atomic mass is 19.3. The Balaban J connectivity index is 2.08. The van der Waals surface area contributed by atoms with E-state index in [-0.39, 0.29) is 12.8 Å². The molecule has 0 aliphatic carbocycles. The Morgan fingerprint density at radius 3 is 2.62 bits per heavy atom. The van der Waals surface area contributed by atoms with Crippen LogP contribution in [-0.4, -0.2) is 31.1 Å². The SMILES string of the molecule is COc1cccc(N2CCC(F)(F)CC2)n1. The molecule has 3 nitrogen and oxygen atoms in total. The summed E-state index contributed by atoms with van der Waals surface area (Å²) < 4.78 is 30.9. The van der Waals surface area contributed by atoms with E-state index >= 15 is 0 Å². The van der Waals surface area contributed by atoms with Gasteiger partial charge in [0.1, 0.15) is 5.82 Å². The van der Waals surface area contributed by atoms with Crippen LogP contribution in [-0.2, 0) is 0 Å². The molecule has 1 aliphatic rings. The molecule has 0 saturated carbocycles. The smallest absolute Gasteiger partial charge is 0.251 e. The molecule has 1 saturated heterocycles. The lowest BCUT2D eigenvalue weighted by atomic mass is 10.1. The molecule has 1 aromatic rings. The number of halogens is 2. The van der Waals surface area contributed by atoms with E-state index in [2.05, 4.69) is 4.98 Å². The van der Waals surface area contributed by atoms with Crippen molar-refractivity contribution < 1.29 is 13.5 Å². The van der Waals surface area contributed by atoms with E-state index in [1.807, 2.05) is 17.0 Å². The van der Waals surface area contributed by atoms with Crippen molar-refractivity contribution in [2.45, 2.75) is 18.8 Å². The van der Waals surface area contributed by atoms with E-state index in [9.17, 15) is 8.78 Å². The van der Waals surface area contributed by atoms with Gasteiger partial charge in [-0.15, -0.1) is 0 Å². The highest BCUT2D eigenvalue weighted by Crippen LogP contribution is 2.30. The Labute approximate surface area is 93.0 Å². The minimum Gasteiger partial charge on any atom is -0.481 e. The van der Waals surface area contributed by atoms with Gasteiger partial charge in [-0.2, -0.15) is 4.98 Å². The molecule has 1 fully saturated rings. The molecular formula is C11H14F2N2O. The number of methoxy groups -OCH3 is 1. The number of pyridine rings is 1. The Morgan fingerprint density at radius 1 is 1.31 bits per heavy atom. The molecule has 2 rings (SSSR count). The molecule has 1 aliphatic heterocycles. The van der Waals surface area contributed by atoms with Crippen LogP contribution in [0.2, 0.25) is 0 Å². The summed E-state index contributed by atoms with van der Waals surface area (Å²) in [6.07, 6.45) is -0.211. The first-order valence-electron chi connectivity index (χ1n) is 5.24. The normalized spacial score (nSPS) is 19.6. The van der Waals surface area contributed by atoms with Crippen LogP contribution in [0.1, 0.15) is 12.8 Å². The largest absolute Gasteiger partial charge is 0.481 e. The summed E-state index contributed by atoms with van der Waals surface area (Å²) in [4.78, 5) is 6.08. The summed E-state index contributed by atoms with van der Waals surface area (Å²) in [6, 6.07) is 5.36. The van der Waals surface area contributed by atoms with E-state index in [1.165, 1.54) is 7.11 Å². The Bertz CT molecular complexity index is 361. The van der Waals surface area contributed by atoms with Gasteiger partial charge >= 0.3 is 0 Å². The van der Waals surface area contributed by atoms with Crippen molar-refractivity contribution in [3.8, 4) is 5.88 Å². The summed E-state index contributed by atoms with van der Waals surface area (Å²) in [6.45, 7) is 0.681. The maximum atomic E-state index is 13.0. The molecule has 16 heavy (non-hydrogen) atoms. The quantitative estimate of drug-likeness (QED) is 0.776. The van der Waals surface area contributed by atoms with Crippen LogP contribution < -0.4 is 9.64 Å². The zero-order valence-corrected chi connectivity index (χ0v) is 9.12. The van der Waals surface area contributed by atoms with Gasteiger partial charge in [0.2, 0.25) is 5.88 Å². The monoisotopic (exact) mass is 228 g/mol. The van der Waals surface area contributed by atoms with E-state index in [0.717, 1.165) is 0 Å². The van der Waals surface area contributed by atoms with Crippen molar-refractivity contribution in [1.82, 2.24) is 4.98 Å². The van der Waals surface area contributed by atoms with Crippen molar-refractivity contribution in [2.75, 3.05) is 25.1 Å². The highest BCUT2D eigenvalue weighted by molar-refractivity contribution is 5.41. The van der Waals surface area contributed by atoms with E-state index in [1.54, 1.807) is 6.07 Å². The van der Waals surface area contributed by atoms with E-state index in [0.29, 0.717) is 24.8 Å². The van der Waals surface area contributed by atoms with E-state index in [4.69, 9.17) is 4.74 Å². The number of piperidine rings is 1. The Morgan fingerprint density at radius 2 is 2.00 bits per heavy atom. The van der Waals surface area contributed by atoms with Crippen LogP contribution in [0.15, 0.2) is 18.2 Å². The van der Waals surface area contributed by atoms with Crippen LogP contribution >= 0.6 is 0 Å². The molecule has 0 unspecified atom stereocenters. The molecule has 5 heteroatoms. The van der Waals surface area contributed by atoms with Crippen LogP contribution in [0.5, 0.6) is 5.88 Å². The predicted octanol–water partition coefficient (Wildman–Crippen LogP) is 2.33. The number of hydrogen-bond donors (Lipinski definition) is 0. The van der Waals surface area contributed by atoms with Gasteiger partial charge < -0.3 is 9.64 Å². The van der Waals surface area contributed by atoms with Crippen molar-refractivity contribution in [2.24, 2.45) is 0 Å². The van der Waals surface area contributed by atoms with Gasteiger partial charge in [0.25, 0.3) is 5.92 Å². The molecule has 0 radical (unpaired) electrons. The molecular weight excluding hydrogens is 214 g/mol. The second-order valence-electron chi connectivity index (χ2n) is 3.88. The highest BCUT2D eigenvalue weighted by Gasteiger charge is 2.34. The molecule has 1 aromatic heterocycles. The average Bonchev–Trinajstić information content (AvgIpc) is 2.29. The Kier molecular flexibility index (Phi) is 2.94. The van der Waals surface area contributed by atoms with Crippen molar-refractivity contribution in [3.05, 3.63) is 18.2 Å². The van der Waals surface area contributed by atoms with Gasteiger partial charge in [-0.1, -0.05) is 6.07 Å². The van der Waals surface area contributed by atoms with Crippen LogP contribution in [0, 0.1) is 0 Å². The summed E-state index contributed by atoms with van der Waals surface area (Å²) in [7, 11) is 1.54. The minimum absolute atomic E-state index is 0.105. The number of alkyl halides is 2. The first-order chi connectivity index (χ1) is 7.61. The van der Waals surface area contributed by atoms with Crippen LogP contribution in [0.4, 0.5) is 14.6 Å². The zero-order valence-electron chi connectivity index (χ0n) is 9.12. The molecule has 0 N–H and O–H groups in total. The van der Waals surface area contributed by atoms with Crippen molar-refractivity contribution >= 4 is 5.82 Å². The first kappa shape index (κ1) is 11.1. The van der Waals surface area contributed by atoms with Crippen LogP contribution in [0.3, 0.4) is 0 Å². The fourth-order valence-electron chi connectivity index (χ4n) is 1.76.